The Kier molecular flexibility index (Phi) is 4.48. The zero-order valence-corrected chi connectivity index (χ0v) is 11.0. The van der Waals surface area contributed by atoms with E-state index in [0.29, 0.717) is 11.6 Å². The summed E-state index contributed by atoms with van der Waals surface area (Å²) in [5.41, 5.74) is 6.09. The van der Waals surface area contributed by atoms with Crippen LogP contribution in [0.25, 0.3) is 0 Å². The summed E-state index contributed by atoms with van der Waals surface area (Å²) >= 11 is 5.66. The zero-order chi connectivity index (χ0) is 13.1. The zero-order valence-electron chi connectivity index (χ0n) is 10.2. The summed E-state index contributed by atoms with van der Waals surface area (Å²) < 4.78 is 5.19. The molecule has 1 aromatic heterocycles. The molecule has 1 atom stereocenters. The van der Waals surface area contributed by atoms with Crippen LogP contribution in [0.1, 0.15) is 26.3 Å². The van der Waals surface area contributed by atoms with E-state index < -0.39 is 17.6 Å². The molecule has 17 heavy (non-hydrogen) atoms. The van der Waals surface area contributed by atoms with Crippen molar-refractivity contribution in [3.8, 4) is 0 Å². The van der Waals surface area contributed by atoms with Crippen LogP contribution < -0.4 is 5.73 Å². The first-order chi connectivity index (χ1) is 7.78. The highest BCUT2D eigenvalue weighted by Gasteiger charge is 2.22. The van der Waals surface area contributed by atoms with Gasteiger partial charge in [-0.25, -0.2) is 4.98 Å². The van der Waals surface area contributed by atoms with Crippen molar-refractivity contribution in [1.82, 2.24) is 4.98 Å². The van der Waals surface area contributed by atoms with Gasteiger partial charge in [-0.2, -0.15) is 0 Å². The van der Waals surface area contributed by atoms with Crippen LogP contribution >= 0.6 is 11.6 Å². The molecule has 0 aromatic carbocycles. The van der Waals surface area contributed by atoms with Gasteiger partial charge in [0.1, 0.15) is 16.8 Å². The molecule has 0 bridgehead atoms. The number of carbonyl (C=O) groups excluding carboxylic acids is 1. The van der Waals surface area contributed by atoms with Gasteiger partial charge < -0.3 is 10.5 Å². The molecule has 0 fully saturated rings. The number of carbonyl (C=O) groups is 1. The molecule has 0 saturated carbocycles. The van der Waals surface area contributed by atoms with Gasteiger partial charge in [0, 0.05) is 6.20 Å². The topological polar surface area (TPSA) is 65.2 Å². The number of pyridine rings is 1. The number of hydrogen-bond acceptors (Lipinski definition) is 4. The van der Waals surface area contributed by atoms with Gasteiger partial charge in [0.15, 0.2) is 0 Å². The Balaban J connectivity index is 2.57. The van der Waals surface area contributed by atoms with Crippen LogP contribution in [0.3, 0.4) is 0 Å². The predicted molar refractivity (Wildman–Crippen MR) is 66.8 cm³/mol. The molecular weight excluding hydrogens is 240 g/mol. The Morgan fingerprint density at radius 1 is 1.53 bits per heavy atom. The summed E-state index contributed by atoms with van der Waals surface area (Å²) in [4.78, 5) is 15.6. The lowest BCUT2D eigenvalue weighted by molar-refractivity contribution is -0.156. The molecule has 0 amide bonds. The van der Waals surface area contributed by atoms with Crippen molar-refractivity contribution in [3.05, 3.63) is 29.0 Å². The minimum absolute atomic E-state index is 0.388. The fraction of sp³-hybridized carbons (Fsp3) is 0.500. The third-order valence-corrected chi connectivity index (χ3v) is 2.18. The van der Waals surface area contributed by atoms with Gasteiger partial charge in [0.2, 0.25) is 0 Å². The molecule has 2 N–H and O–H groups in total. The first kappa shape index (κ1) is 13.9. The first-order valence-electron chi connectivity index (χ1n) is 5.37. The molecule has 0 aliphatic carbocycles. The molecule has 4 nitrogen and oxygen atoms in total. The maximum Gasteiger partial charge on any atom is 0.323 e. The van der Waals surface area contributed by atoms with Crippen LogP contribution in [-0.4, -0.2) is 22.6 Å². The van der Waals surface area contributed by atoms with E-state index in [9.17, 15) is 4.79 Å². The molecule has 0 aliphatic heterocycles. The van der Waals surface area contributed by atoms with Crippen molar-refractivity contribution in [1.29, 1.82) is 0 Å². The second-order valence-corrected chi connectivity index (χ2v) is 5.22. The lowest BCUT2D eigenvalue weighted by Gasteiger charge is -2.22. The number of ether oxygens (including phenoxy) is 1. The summed E-state index contributed by atoms with van der Waals surface area (Å²) in [6.07, 6.45) is 1.99. The normalized spacial score (nSPS) is 13.2. The second-order valence-electron chi connectivity index (χ2n) is 4.83. The van der Waals surface area contributed by atoms with E-state index in [1.165, 1.54) is 0 Å². The predicted octanol–water partition coefficient (Wildman–Crippen LogP) is 1.95. The molecule has 0 saturated heterocycles. The maximum atomic E-state index is 11.6. The molecule has 1 aromatic rings. The Labute approximate surface area is 106 Å². The Morgan fingerprint density at radius 3 is 2.65 bits per heavy atom. The summed E-state index contributed by atoms with van der Waals surface area (Å²) in [6, 6.07) is 2.77. The van der Waals surface area contributed by atoms with Crippen molar-refractivity contribution in [2.75, 3.05) is 0 Å². The van der Waals surface area contributed by atoms with Crippen molar-refractivity contribution in [3.63, 3.8) is 0 Å². The number of halogens is 1. The third-order valence-electron chi connectivity index (χ3n) is 1.95. The highest BCUT2D eigenvalue weighted by atomic mass is 35.5. The summed E-state index contributed by atoms with van der Waals surface area (Å²) in [7, 11) is 0. The SMILES string of the molecule is CC(C)(C)OC(=O)[C@H](N)Cc1ccc(Cl)nc1. The van der Waals surface area contributed by atoms with Crippen molar-refractivity contribution >= 4 is 17.6 Å². The lowest BCUT2D eigenvalue weighted by Crippen LogP contribution is -2.38. The molecule has 0 unspecified atom stereocenters. The number of hydrogen-bond donors (Lipinski definition) is 1. The molecular formula is C12H17ClN2O2. The van der Waals surface area contributed by atoms with Crippen LogP contribution in [-0.2, 0) is 16.0 Å². The van der Waals surface area contributed by atoms with Crippen LogP contribution in [0.15, 0.2) is 18.3 Å². The van der Waals surface area contributed by atoms with Gasteiger partial charge in [-0.15, -0.1) is 0 Å². The van der Waals surface area contributed by atoms with Crippen molar-refractivity contribution in [2.24, 2.45) is 5.73 Å². The van der Waals surface area contributed by atoms with Gasteiger partial charge >= 0.3 is 5.97 Å². The van der Waals surface area contributed by atoms with Crippen LogP contribution in [0, 0.1) is 0 Å². The molecule has 1 heterocycles. The summed E-state index contributed by atoms with van der Waals surface area (Å²) in [5, 5.41) is 0.416. The van der Waals surface area contributed by atoms with E-state index in [0.717, 1.165) is 5.56 Å². The number of nitrogens with zero attached hydrogens (tertiary/aromatic N) is 1. The van der Waals surface area contributed by atoms with Crippen LogP contribution in [0.2, 0.25) is 5.15 Å². The standard InChI is InChI=1S/C12H17ClN2O2/c1-12(2,3)17-11(16)9(14)6-8-4-5-10(13)15-7-8/h4-5,7,9H,6,14H2,1-3H3/t9-/m1/s1. The molecule has 5 heteroatoms. The second kappa shape index (κ2) is 5.47. The number of esters is 1. The average Bonchev–Trinajstić information content (AvgIpc) is 2.19. The molecule has 0 spiro atoms. The molecule has 0 aliphatic rings. The van der Waals surface area contributed by atoms with Gasteiger partial charge in [0.05, 0.1) is 0 Å². The number of aromatic nitrogens is 1. The van der Waals surface area contributed by atoms with Gasteiger partial charge in [-0.1, -0.05) is 17.7 Å². The quantitative estimate of drug-likeness (QED) is 0.663. The Hall–Kier alpha value is -1.13. The minimum Gasteiger partial charge on any atom is -0.459 e. The van der Waals surface area contributed by atoms with Crippen molar-refractivity contribution in [2.45, 2.75) is 38.8 Å². The van der Waals surface area contributed by atoms with Gasteiger partial charge in [-0.3, -0.25) is 4.79 Å². The first-order valence-corrected chi connectivity index (χ1v) is 5.74. The monoisotopic (exact) mass is 256 g/mol. The highest BCUT2D eigenvalue weighted by molar-refractivity contribution is 6.29. The smallest absolute Gasteiger partial charge is 0.323 e. The largest absolute Gasteiger partial charge is 0.459 e. The average molecular weight is 257 g/mol. The van der Waals surface area contributed by atoms with Crippen LogP contribution in [0.5, 0.6) is 0 Å². The van der Waals surface area contributed by atoms with E-state index in [1.54, 1.807) is 18.3 Å². The Bertz CT molecular complexity index is 384. The number of nitrogens with two attached hydrogens (primary N) is 1. The van der Waals surface area contributed by atoms with Crippen molar-refractivity contribution < 1.29 is 9.53 Å². The van der Waals surface area contributed by atoms with E-state index >= 15 is 0 Å². The fourth-order valence-corrected chi connectivity index (χ4v) is 1.35. The molecule has 1 rings (SSSR count). The van der Waals surface area contributed by atoms with Gasteiger partial charge in [0.25, 0.3) is 0 Å². The minimum atomic E-state index is -0.683. The fourth-order valence-electron chi connectivity index (χ4n) is 1.24. The highest BCUT2D eigenvalue weighted by Crippen LogP contribution is 2.11. The van der Waals surface area contributed by atoms with E-state index in [2.05, 4.69) is 4.98 Å². The van der Waals surface area contributed by atoms with E-state index in [-0.39, 0.29) is 0 Å². The third kappa shape index (κ3) is 5.15. The van der Waals surface area contributed by atoms with Gasteiger partial charge in [-0.05, 0) is 38.8 Å². The van der Waals surface area contributed by atoms with Crippen LogP contribution in [0.4, 0.5) is 0 Å². The van der Waals surface area contributed by atoms with E-state index in [1.807, 2.05) is 20.8 Å². The molecule has 94 valence electrons. The number of rotatable bonds is 3. The summed E-state index contributed by atoms with van der Waals surface area (Å²) in [5.74, 6) is -0.410. The lowest BCUT2D eigenvalue weighted by atomic mass is 10.1. The van der Waals surface area contributed by atoms with E-state index in [4.69, 9.17) is 22.1 Å². The maximum absolute atomic E-state index is 11.6. The Morgan fingerprint density at radius 2 is 2.18 bits per heavy atom. The molecule has 0 radical (unpaired) electrons. The summed E-state index contributed by atoms with van der Waals surface area (Å²) in [6.45, 7) is 5.42.